The number of carbonyl (C=O) groups excluding carboxylic acids is 1. The van der Waals surface area contributed by atoms with Gasteiger partial charge in [0.15, 0.2) is 0 Å². The van der Waals surface area contributed by atoms with Crippen LogP contribution in [0, 0.1) is 12.7 Å². The molecule has 0 spiro atoms. The van der Waals surface area contributed by atoms with Gasteiger partial charge in [0.05, 0.1) is 36.4 Å². The maximum Gasteiger partial charge on any atom is 0.273 e. The molecule has 0 bridgehead atoms. The highest BCUT2D eigenvalue weighted by Crippen LogP contribution is 2.36. The maximum absolute atomic E-state index is 14.5. The van der Waals surface area contributed by atoms with E-state index in [0.29, 0.717) is 28.2 Å². The van der Waals surface area contributed by atoms with Crippen molar-refractivity contribution in [2.45, 2.75) is 50.4 Å². The van der Waals surface area contributed by atoms with Gasteiger partial charge in [-0.1, -0.05) is 18.2 Å². The molecule has 3 aliphatic rings. The summed E-state index contributed by atoms with van der Waals surface area (Å²) in [6.45, 7) is 1.78. The molecule has 5 rings (SSSR count). The number of likely N-dealkylation sites (tertiary alicyclic amines) is 1. The van der Waals surface area contributed by atoms with Crippen LogP contribution >= 0.6 is 0 Å². The lowest BCUT2D eigenvalue weighted by Gasteiger charge is -2.26. The van der Waals surface area contributed by atoms with E-state index in [-0.39, 0.29) is 25.2 Å². The second kappa shape index (κ2) is 8.27. The largest absolute Gasteiger partial charge is 0.388 e. The van der Waals surface area contributed by atoms with Crippen LogP contribution in [-0.4, -0.2) is 67.7 Å². The summed E-state index contributed by atoms with van der Waals surface area (Å²) in [4.78, 5) is 27.7. The van der Waals surface area contributed by atoms with Gasteiger partial charge in [-0.15, -0.1) is 0 Å². The summed E-state index contributed by atoms with van der Waals surface area (Å²) in [6, 6.07) is 3.24. The molecule has 10 heteroatoms. The first-order valence-electron chi connectivity index (χ1n) is 10.7. The Morgan fingerprint density at radius 1 is 1.21 bits per heavy atom. The summed E-state index contributed by atoms with van der Waals surface area (Å²) < 4.78 is 28.5. The molecule has 0 radical (unpaired) electrons. The van der Waals surface area contributed by atoms with Gasteiger partial charge in [-0.2, -0.15) is 0 Å². The number of aliphatic hydroxyl groups is 2. The highest BCUT2D eigenvalue weighted by atomic mass is 19.1. The molecule has 1 saturated heterocycles. The number of alkyl halides is 1. The minimum atomic E-state index is -1.24. The molecule has 33 heavy (non-hydrogen) atoms. The van der Waals surface area contributed by atoms with E-state index < -0.39 is 42.2 Å². The molecule has 0 saturated carbocycles. The molecule has 3 heterocycles. The fraction of sp³-hybridized carbons (Fsp3) is 0.391. The van der Waals surface area contributed by atoms with Gasteiger partial charge in [-0.25, -0.2) is 18.7 Å². The molecule has 1 aromatic heterocycles. The lowest BCUT2D eigenvalue weighted by Crippen LogP contribution is -2.38. The van der Waals surface area contributed by atoms with Gasteiger partial charge >= 0.3 is 0 Å². The predicted molar refractivity (Wildman–Crippen MR) is 116 cm³/mol. The smallest absolute Gasteiger partial charge is 0.273 e. The van der Waals surface area contributed by atoms with E-state index in [1.165, 1.54) is 29.4 Å². The van der Waals surface area contributed by atoms with Crippen molar-refractivity contribution >= 4 is 17.4 Å². The van der Waals surface area contributed by atoms with E-state index in [1.807, 2.05) is 0 Å². The Balaban J connectivity index is 1.45. The van der Waals surface area contributed by atoms with Crippen molar-refractivity contribution in [3.8, 4) is 0 Å². The van der Waals surface area contributed by atoms with Gasteiger partial charge < -0.3 is 20.4 Å². The Labute approximate surface area is 188 Å². The molecule has 1 fully saturated rings. The van der Waals surface area contributed by atoms with Crippen LogP contribution in [0.4, 0.5) is 14.6 Å². The monoisotopic (exact) mass is 455 g/mol. The number of benzene rings is 1. The molecule has 0 unspecified atom stereocenters. The SMILES string of the molecule is Cc1cc(F)cc([C@H]2C[C@H](F)CN2C(=O)C2=NCc3ncnc(N[C@@H]4C=C[C@@H](O)[C@H]4O)c32)c1. The Morgan fingerprint density at radius 2 is 2.03 bits per heavy atom. The fourth-order valence-electron chi connectivity index (χ4n) is 4.69. The number of anilines is 1. The van der Waals surface area contributed by atoms with Crippen molar-refractivity contribution in [1.82, 2.24) is 14.9 Å². The summed E-state index contributed by atoms with van der Waals surface area (Å²) in [7, 11) is 0. The lowest BCUT2D eigenvalue weighted by molar-refractivity contribution is -0.125. The lowest BCUT2D eigenvalue weighted by atomic mass is 10.0. The van der Waals surface area contributed by atoms with Crippen LogP contribution in [0.3, 0.4) is 0 Å². The zero-order valence-electron chi connectivity index (χ0n) is 17.8. The van der Waals surface area contributed by atoms with E-state index in [1.54, 1.807) is 19.1 Å². The molecule has 1 aliphatic carbocycles. The highest BCUT2D eigenvalue weighted by molar-refractivity contribution is 6.47. The van der Waals surface area contributed by atoms with Gasteiger partial charge in [0.2, 0.25) is 0 Å². The average Bonchev–Trinajstić information content (AvgIpc) is 3.46. The van der Waals surface area contributed by atoms with Crippen molar-refractivity contribution in [2.24, 2.45) is 4.99 Å². The Hall–Kier alpha value is -3.24. The Kier molecular flexibility index (Phi) is 5.41. The number of aliphatic hydroxyl groups excluding tert-OH is 2. The number of aryl methyl sites for hydroxylation is 1. The number of aliphatic imine (C=N–C) groups is 1. The molecule has 1 amide bonds. The van der Waals surface area contributed by atoms with Crippen LogP contribution in [0.1, 0.15) is 34.8 Å². The molecule has 172 valence electrons. The number of rotatable bonds is 4. The highest BCUT2D eigenvalue weighted by Gasteiger charge is 2.41. The van der Waals surface area contributed by atoms with Crippen LogP contribution in [0.25, 0.3) is 0 Å². The number of hydrogen-bond donors (Lipinski definition) is 3. The summed E-state index contributed by atoms with van der Waals surface area (Å²) in [5.74, 6) is -0.628. The summed E-state index contributed by atoms with van der Waals surface area (Å²) in [6.07, 6.45) is 1.18. The van der Waals surface area contributed by atoms with Crippen LogP contribution < -0.4 is 5.32 Å². The van der Waals surface area contributed by atoms with Crippen molar-refractivity contribution < 1.29 is 23.8 Å². The molecule has 2 aliphatic heterocycles. The second-order valence-electron chi connectivity index (χ2n) is 8.61. The van der Waals surface area contributed by atoms with E-state index >= 15 is 0 Å². The molecule has 5 atom stereocenters. The normalized spacial score (nSPS) is 28.2. The van der Waals surface area contributed by atoms with Gasteiger partial charge in [-0.3, -0.25) is 9.79 Å². The zero-order chi connectivity index (χ0) is 23.3. The minimum absolute atomic E-state index is 0.0715. The summed E-state index contributed by atoms with van der Waals surface area (Å²) >= 11 is 0. The molecule has 1 aromatic carbocycles. The second-order valence-corrected chi connectivity index (χ2v) is 8.61. The summed E-state index contributed by atoms with van der Waals surface area (Å²) in [5.41, 5.74) is 2.24. The number of carbonyl (C=O) groups is 1. The number of fused-ring (bicyclic) bond motifs is 1. The van der Waals surface area contributed by atoms with Gasteiger partial charge in [0.1, 0.15) is 42.1 Å². The number of amides is 1. The van der Waals surface area contributed by atoms with E-state index in [0.717, 1.165) is 0 Å². The molecular formula is C23H23F2N5O3. The van der Waals surface area contributed by atoms with E-state index in [4.69, 9.17) is 0 Å². The van der Waals surface area contributed by atoms with Crippen LogP contribution in [-0.2, 0) is 11.3 Å². The van der Waals surface area contributed by atoms with Crippen molar-refractivity contribution in [3.63, 3.8) is 0 Å². The number of hydrogen-bond acceptors (Lipinski definition) is 7. The quantitative estimate of drug-likeness (QED) is 0.605. The van der Waals surface area contributed by atoms with Crippen LogP contribution in [0.15, 0.2) is 41.7 Å². The van der Waals surface area contributed by atoms with Gasteiger partial charge in [0, 0.05) is 6.42 Å². The Morgan fingerprint density at radius 3 is 2.76 bits per heavy atom. The van der Waals surface area contributed by atoms with Crippen LogP contribution in [0.5, 0.6) is 0 Å². The number of nitrogens with one attached hydrogen (secondary N) is 1. The molecule has 8 nitrogen and oxygen atoms in total. The fourth-order valence-corrected chi connectivity index (χ4v) is 4.69. The third-order valence-corrected chi connectivity index (χ3v) is 6.25. The van der Waals surface area contributed by atoms with E-state index in [9.17, 15) is 23.8 Å². The number of nitrogens with zero attached hydrogens (tertiary/aromatic N) is 4. The molecule has 2 aromatic rings. The third kappa shape index (κ3) is 3.89. The minimum Gasteiger partial charge on any atom is -0.388 e. The molecular weight excluding hydrogens is 432 g/mol. The first kappa shape index (κ1) is 21.6. The first-order valence-corrected chi connectivity index (χ1v) is 10.7. The zero-order valence-corrected chi connectivity index (χ0v) is 17.8. The standard InChI is InChI=1S/C23H23F2N5O3/c1-11-4-12(6-13(24)5-11)17-7-14(25)9-30(17)23(33)20-19-16(8-26-20)27-10-28-22(19)29-15-2-3-18(31)21(15)32/h2-6,10,14-15,17-18,21,31-32H,7-9H2,1H3,(H,27,28,29)/t14-,15+,17+,18+,21-/m0/s1. The predicted octanol–water partition coefficient (Wildman–Crippen LogP) is 1.61. The summed E-state index contributed by atoms with van der Waals surface area (Å²) in [5, 5.41) is 23.0. The average molecular weight is 455 g/mol. The van der Waals surface area contributed by atoms with Crippen molar-refractivity contribution in [2.75, 3.05) is 11.9 Å². The van der Waals surface area contributed by atoms with Crippen LogP contribution in [0.2, 0.25) is 0 Å². The van der Waals surface area contributed by atoms with Crippen molar-refractivity contribution in [3.05, 3.63) is 64.9 Å². The van der Waals surface area contributed by atoms with E-state index in [2.05, 4.69) is 20.3 Å². The Bertz CT molecular complexity index is 1150. The van der Waals surface area contributed by atoms with Gasteiger partial charge in [0.25, 0.3) is 5.91 Å². The number of halogens is 2. The molecule has 3 N–H and O–H groups in total. The van der Waals surface area contributed by atoms with Crippen molar-refractivity contribution in [1.29, 1.82) is 0 Å². The van der Waals surface area contributed by atoms with Gasteiger partial charge in [-0.05, 0) is 30.2 Å². The third-order valence-electron chi connectivity index (χ3n) is 6.25. The topological polar surface area (TPSA) is 111 Å². The first-order chi connectivity index (χ1) is 15.8. The number of aromatic nitrogens is 2. The maximum atomic E-state index is 14.5.